The number of rotatable bonds is 4. The third-order valence-corrected chi connectivity index (χ3v) is 4.66. The highest BCUT2D eigenvalue weighted by molar-refractivity contribution is 5.74. The van der Waals surface area contributed by atoms with E-state index in [1.165, 1.54) is 0 Å². The molecule has 1 atom stereocenters. The molecule has 2 aromatic rings. The topological polar surface area (TPSA) is 72.9 Å². The van der Waals surface area contributed by atoms with Crippen molar-refractivity contribution in [2.45, 2.75) is 25.2 Å². The van der Waals surface area contributed by atoms with Crippen LogP contribution in [-0.4, -0.2) is 41.9 Å². The monoisotopic (exact) mass is 409 g/mol. The number of likely N-dealkylation sites (tertiary alicyclic amines) is 1. The third kappa shape index (κ3) is 4.47. The predicted octanol–water partition coefficient (Wildman–Crippen LogP) is 3.19. The largest absolute Gasteiger partial charge is 0.472 e. The SMILES string of the molecule is O=C(NCc1ccc2c(c1)OCO2)N1CCC(Oc2cc(C(F)(F)F)ccn2)C1. The number of ether oxygens (including phenoxy) is 3. The summed E-state index contributed by atoms with van der Waals surface area (Å²) < 4.78 is 54.5. The number of benzene rings is 1. The molecule has 1 saturated heterocycles. The number of carbonyl (C=O) groups excluding carboxylic acids is 1. The molecule has 2 aliphatic heterocycles. The van der Waals surface area contributed by atoms with Crippen molar-refractivity contribution in [3.63, 3.8) is 0 Å². The number of alkyl halides is 3. The van der Waals surface area contributed by atoms with Crippen molar-refractivity contribution in [2.75, 3.05) is 19.9 Å². The molecule has 0 saturated carbocycles. The lowest BCUT2D eigenvalue weighted by Crippen LogP contribution is -2.39. The second-order valence-electron chi connectivity index (χ2n) is 6.70. The van der Waals surface area contributed by atoms with E-state index in [0.717, 1.165) is 23.9 Å². The molecular formula is C19H18F3N3O4. The number of nitrogens with one attached hydrogen (secondary N) is 1. The summed E-state index contributed by atoms with van der Waals surface area (Å²) in [5.74, 6) is 1.20. The normalized spacial score (nSPS) is 18.0. The van der Waals surface area contributed by atoms with Gasteiger partial charge in [-0.3, -0.25) is 0 Å². The highest BCUT2D eigenvalue weighted by atomic mass is 19.4. The van der Waals surface area contributed by atoms with E-state index in [1.54, 1.807) is 17.0 Å². The molecule has 0 radical (unpaired) electrons. The van der Waals surface area contributed by atoms with Crippen molar-refractivity contribution in [1.82, 2.24) is 15.2 Å². The molecule has 0 bridgehead atoms. The number of urea groups is 1. The van der Waals surface area contributed by atoms with Crippen LogP contribution in [-0.2, 0) is 12.7 Å². The zero-order valence-electron chi connectivity index (χ0n) is 15.2. The van der Waals surface area contributed by atoms with Gasteiger partial charge >= 0.3 is 12.2 Å². The zero-order chi connectivity index (χ0) is 20.4. The summed E-state index contributed by atoms with van der Waals surface area (Å²) in [6.07, 6.45) is -3.31. The van der Waals surface area contributed by atoms with Crippen LogP contribution in [0.1, 0.15) is 17.5 Å². The molecule has 1 aromatic carbocycles. The van der Waals surface area contributed by atoms with Gasteiger partial charge in [-0.25, -0.2) is 9.78 Å². The van der Waals surface area contributed by atoms with Crippen LogP contribution in [0, 0.1) is 0 Å². The summed E-state index contributed by atoms with van der Waals surface area (Å²) in [6, 6.07) is 6.90. The van der Waals surface area contributed by atoms with E-state index in [1.807, 2.05) is 6.07 Å². The maximum Gasteiger partial charge on any atom is 0.416 e. The van der Waals surface area contributed by atoms with Crippen LogP contribution in [0.5, 0.6) is 17.4 Å². The average molecular weight is 409 g/mol. The molecular weight excluding hydrogens is 391 g/mol. The Labute approximate surface area is 164 Å². The first-order chi connectivity index (χ1) is 13.9. The molecule has 2 amide bonds. The molecule has 7 nitrogen and oxygen atoms in total. The quantitative estimate of drug-likeness (QED) is 0.840. The first-order valence-corrected chi connectivity index (χ1v) is 9.00. The van der Waals surface area contributed by atoms with E-state index < -0.39 is 17.8 Å². The fraction of sp³-hybridized carbons (Fsp3) is 0.368. The number of carbonyl (C=O) groups is 1. The molecule has 29 heavy (non-hydrogen) atoms. The summed E-state index contributed by atoms with van der Waals surface area (Å²) in [4.78, 5) is 17.8. The van der Waals surface area contributed by atoms with E-state index in [4.69, 9.17) is 14.2 Å². The van der Waals surface area contributed by atoms with E-state index in [0.29, 0.717) is 31.0 Å². The van der Waals surface area contributed by atoms with E-state index in [2.05, 4.69) is 10.3 Å². The minimum Gasteiger partial charge on any atom is -0.472 e. The molecule has 1 aromatic heterocycles. The van der Waals surface area contributed by atoms with E-state index >= 15 is 0 Å². The number of pyridine rings is 1. The highest BCUT2D eigenvalue weighted by Gasteiger charge is 2.32. The van der Waals surface area contributed by atoms with Crippen molar-refractivity contribution < 1.29 is 32.2 Å². The van der Waals surface area contributed by atoms with Crippen LogP contribution in [0.4, 0.5) is 18.0 Å². The molecule has 1 unspecified atom stereocenters. The van der Waals surface area contributed by atoms with Gasteiger partial charge < -0.3 is 24.4 Å². The molecule has 0 aliphatic carbocycles. The van der Waals surface area contributed by atoms with Gasteiger partial charge in [-0.15, -0.1) is 0 Å². The number of halogens is 3. The lowest BCUT2D eigenvalue weighted by atomic mass is 10.2. The molecule has 4 rings (SSSR count). The van der Waals surface area contributed by atoms with Crippen molar-refractivity contribution in [1.29, 1.82) is 0 Å². The van der Waals surface area contributed by atoms with Gasteiger partial charge in [-0.2, -0.15) is 13.2 Å². The summed E-state index contributed by atoms with van der Waals surface area (Å²) in [7, 11) is 0. The van der Waals surface area contributed by atoms with Gasteiger partial charge in [0.25, 0.3) is 0 Å². The highest BCUT2D eigenvalue weighted by Crippen LogP contribution is 2.33. The van der Waals surface area contributed by atoms with Gasteiger partial charge in [0.15, 0.2) is 11.5 Å². The Balaban J connectivity index is 1.29. The summed E-state index contributed by atoms with van der Waals surface area (Å²) >= 11 is 0. The molecule has 1 N–H and O–H groups in total. The maximum absolute atomic E-state index is 12.8. The fourth-order valence-electron chi connectivity index (χ4n) is 3.17. The first kappa shape index (κ1) is 19.2. The van der Waals surface area contributed by atoms with Crippen LogP contribution in [0.2, 0.25) is 0 Å². The summed E-state index contributed by atoms with van der Waals surface area (Å²) in [6.45, 7) is 1.20. The Bertz CT molecular complexity index is 907. The predicted molar refractivity (Wildman–Crippen MR) is 94.6 cm³/mol. The summed E-state index contributed by atoms with van der Waals surface area (Å²) in [5.41, 5.74) is 0.0431. The fourth-order valence-corrected chi connectivity index (χ4v) is 3.17. The molecule has 0 spiro atoms. The number of hydrogen-bond acceptors (Lipinski definition) is 5. The van der Waals surface area contributed by atoms with Crippen LogP contribution >= 0.6 is 0 Å². The summed E-state index contributed by atoms with van der Waals surface area (Å²) in [5, 5.41) is 2.82. The van der Waals surface area contributed by atoms with Crippen LogP contribution < -0.4 is 19.5 Å². The van der Waals surface area contributed by atoms with Gasteiger partial charge in [-0.1, -0.05) is 6.07 Å². The molecule has 154 valence electrons. The number of amides is 2. The first-order valence-electron chi connectivity index (χ1n) is 9.00. The number of hydrogen-bond donors (Lipinski definition) is 1. The lowest BCUT2D eigenvalue weighted by Gasteiger charge is -2.18. The van der Waals surface area contributed by atoms with Gasteiger partial charge in [0, 0.05) is 31.8 Å². The Hall–Kier alpha value is -3.17. The lowest BCUT2D eigenvalue weighted by molar-refractivity contribution is -0.137. The second kappa shape index (κ2) is 7.69. The molecule has 2 aliphatic rings. The zero-order valence-corrected chi connectivity index (χ0v) is 15.2. The molecule has 3 heterocycles. The van der Waals surface area contributed by atoms with Crippen LogP contribution in [0.15, 0.2) is 36.5 Å². The van der Waals surface area contributed by atoms with Crippen molar-refractivity contribution in [3.05, 3.63) is 47.7 Å². The van der Waals surface area contributed by atoms with E-state index in [9.17, 15) is 18.0 Å². The standard InChI is InChI=1S/C19H18F3N3O4/c20-19(21,22)13-3-5-23-17(8-13)29-14-4-6-25(10-14)18(26)24-9-12-1-2-15-16(7-12)28-11-27-15/h1-3,5,7-8,14H,4,6,9-11H2,(H,24,26). The van der Waals surface area contributed by atoms with Crippen molar-refractivity contribution in [3.8, 4) is 17.4 Å². The van der Waals surface area contributed by atoms with Gasteiger partial charge in [0.2, 0.25) is 12.7 Å². The van der Waals surface area contributed by atoms with Gasteiger partial charge in [0.1, 0.15) is 6.10 Å². The Morgan fingerprint density at radius 2 is 2.07 bits per heavy atom. The Morgan fingerprint density at radius 3 is 2.90 bits per heavy atom. The van der Waals surface area contributed by atoms with Gasteiger partial charge in [-0.05, 0) is 23.8 Å². The smallest absolute Gasteiger partial charge is 0.416 e. The molecule has 1 fully saturated rings. The van der Waals surface area contributed by atoms with Crippen LogP contribution in [0.25, 0.3) is 0 Å². The minimum atomic E-state index is -4.46. The third-order valence-electron chi connectivity index (χ3n) is 4.66. The second-order valence-corrected chi connectivity index (χ2v) is 6.70. The number of fused-ring (bicyclic) bond motifs is 1. The Morgan fingerprint density at radius 1 is 1.24 bits per heavy atom. The Kier molecular flexibility index (Phi) is 5.08. The number of nitrogens with zero attached hydrogens (tertiary/aromatic N) is 2. The van der Waals surface area contributed by atoms with Crippen molar-refractivity contribution >= 4 is 6.03 Å². The van der Waals surface area contributed by atoms with Gasteiger partial charge in [0.05, 0.1) is 12.1 Å². The minimum absolute atomic E-state index is 0.104. The maximum atomic E-state index is 12.8. The van der Waals surface area contributed by atoms with Crippen molar-refractivity contribution in [2.24, 2.45) is 0 Å². The average Bonchev–Trinajstić information content (AvgIpc) is 3.34. The van der Waals surface area contributed by atoms with E-state index in [-0.39, 0.29) is 25.2 Å². The molecule has 10 heteroatoms. The number of aromatic nitrogens is 1. The van der Waals surface area contributed by atoms with Crippen LogP contribution in [0.3, 0.4) is 0 Å².